The first-order valence-electron chi connectivity index (χ1n) is 6.28. The van der Waals surface area contributed by atoms with Crippen molar-refractivity contribution in [1.82, 2.24) is 5.43 Å². The molecule has 0 unspecified atom stereocenters. The summed E-state index contributed by atoms with van der Waals surface area (Å²) in [6.07, 6.45) is 1.14. The van der Waals surface area contributed by atoms with E-state index in [2.05, 4.69) is 10.5 Å². The molecule has 1 N–H and O–H groups in total. The average Bonchev–Trinajstić information content (AvgIpc) is 2.90. The predicted molar refractivity (Wildman–Crippen MR) is 84.4 cm³/mol. The highest BCUT2D eigenvalue weighted by Crippen LogP contribution is 2.21. The zero-order valence-electron chi connectivity index (χ0n) is 11.1. The fourth-order valence-corrected chi connectivity index (χ4v) is 2.66. The van der Waals surface area contributed by atoms with Crippen molar-refractivity contribution < 1.29 is 4.79 Å². The molecule has 1 aromatic heterocycles. The molecule has 0 saturated carbocycles. The van der Waals surface area contributed by atoms with Gasteiger partial charge in [0, 0.05) is 6.42 Å². The van der Waals surface area contributed by atoms with Gasteiger partial charge in [0.2, 0.25) is 5.91 Å². The molecule has 3 nitrogen and oxygen atoms in total. The molecule has 0 radical (unpaired) electrons. The average molecular weight is 307 g/mol. The largest absolute Gasteiger partial charge is 0.273 e. The molecule has 104 valence electrons. The SMILES string of the molecule is CC(=NNC(=O)CCc1ccccc1)c1ccc(Cl)s1. The van der Waals surface area contributed by atoms with Crippen LogP contribution in [0.15, 0.2) is 47.6 Å². The Hall–Kier alpha value is -1.65. The smallest absolute Gasteiger partial charge is 0.240 e. The van der Waals surface area contributed by atoms with E-state index in [1.54, 1.807) is 0 Å². The number of rotatable bonds is 5. The number of thiophene rings is 1. The van der Waals surface area contributed by atoms with Crippen LogP contribution in [0.5, 0.6) is 0 Å². The molecule has 0 aliphatic heterocycles. The Morgan fingerprint density at radius 3 is 2.65 bits per heavy atom. The van der Waals surface area contributed by atoms with Crippen molar-refractivity contribution in [2.24, 2.45) is 5.10 Å². The van der Waals surface area contributed by atoms with Crippen LogP contribution in [0.25, 0.3) is 0 Å². The highest BCUT2D eigenvalue weighted by molar-refractivity contribution is 7.18. The fraction of sp³-hybridized carbons (Fsp3) is 0.200. The second kappa shape index (κ2) is 7.22. The maximum Gasteiger partial charge on any atom is 0.240 e. The van der Waals surface area contributed by atoms with Gasteiger partial charge < -0.3 is 0 Å². The van der Waals surface area contributed by atoms with E-state index < -0.39 is 0 Å². The molecule has 0 atom stereocenters. The molecule has 0 spiro atoms. The molecular formula is C15H15ClN2OS. The molecule has 1 amide bonds. The van der Waals surface area contributed by atoms with Crippen LogP contribution < -0.4 is 5.43 Å². The highest BCUT2D eigenvalue weighted by atomic mass is 35.5. The molecule has 5 heteroatoms. The summed E-state index contributed by atoms with van der Waals surface area (Å²) in [5.74, 6) is -0.0872. The van der Waals surface area contributed by atoms with Gasteiger partial charge in [-0.3, -0.25) is 4.79 Å². The van der Waals surface area contributed by atoms with Gasteiger partial charge in [-0.15, -0.1) is 11.3 Å². The lowest BCUT2D eigenvalue weighted by atomic mass is 10.1. The zero-order chi connectivity index (χ0) is 14.4. The van der Waals surface area contributed by atoms with E-state index in [1.165, 1.54) is 11.3 Å². The van der Waals surface area contributed by atoms with Crippen LogP contribution >= 0.6 is 22.9 Å². The molecule has 0 fully saturated rings. The standard InChI is InChI=1S/C15H15ClN2OS/c1-11(13-8-9-14(16)20-13)17-18-15(19)10-7-12-5-3-2-4-6-12/h2-6,8-9H,7,10H2,1H3,(H,18,19). The molecule has 0 saturated heterocycles. The summed E-state index contributed by atoms with van der Waals surface area (Å²) < 4.78 is 0.713. The summed E-state index contributed by atoms with van der Waals surface area (Å²) in [6.45, 7) is 1.85. The molecule has 1 aromatic carbocycles. The summed E-state index contributed by atoms with van der Waals surface area (Å²) in [4.78, 5) is 12.7. The summed E-state index contributed by atoms with van der Waals surface area (Å²) in [6, 6.07) is 13.6. The van der Waals surface area contributed by atoms with Crippen molar-refractivity contribution in [3.05, 3.63) is 57.2 Å². The number of carbonyl (C=O) groups is 1. The number of nitrogens with one attached hydrogen (secondary N) is 1. The number of hydrogen-bond acceptors (Lipinski definition) is 3. The third-order valence-electron chi connectivity index (χ3n) is 2.76. The minimum atomic E-state index is -0.0872. The van der Waals surface area contributed by atoms with Crippen LogP contribution in [0.2, 0.25) is 4.34 Å². The maximum atomic E-state index is 11.7. The van der Waals surface area contributed by atoms with Crippen LogP contribution in [0.1, 0.15) is 23.8 Å². The van der Waals surface area contributed by atoms with Crippen molar-refractivity contribution in [2.45, 2.75) is 19.8 Å². The lowest BCUT2D eigenvalue weighted by Gasteiger charge is -2.02. The van der Waals surface area contributed by atoms with Gasteiger partial charge in [0.05, 0.1) is 14.9 Å². The van der Waals surface area contributed by atoms with E-state index >= 15 is 0 Å². The monoisotopic (exact) mass is 306 g/mol. The van der Waals surface area contributed by atoms with Crippen LogP contribution in [-0.2, 0) is 11.2 Å². The van der Waals surface area contributed by atoms with Crippen LogP contribution in [0, 0.1) is 0 Å². The van der Waals surface area contributed by atoms with Crippen molar-refractivity contribution in [1.29, 1.82) is 0 Å². The van der Waals surface area contributed by atoms with E-state index in [4.69, 9.17) is 11.6 Å². The van der Waals surface area contributed by atoms with E-state index in [9.17, 15) is 4.79 Å². The molecule has 1 heterocycles. The quantitative estimate of drug-likeness (QED) is 0.661. The van der Waals surface area contributed by atoms with Crippen molar-refractivity contribution in [3.63, 3.8) is 0 Å². The van der Waals surface area contributed by atoms with E-state index in [0.717, 1.165) is 16.2 Å². The van der Waals surface area contributed by atoms with Crippen molar-refractivity contribution in [3.8, 4) is 0 Å². The number of aryl methyl sites for hydroxylation is 1. The molecule has 0 aliphatic rings. The summed E-state index contributed by atoms with van der Waals surface area (Å²) in [5.41, 5.74) is 4.48. The number of hydrazone groups is 1. The Kier molecular flexibility index (Phi) is 5.32. The first-order chi connectivity index (χ1) is 9.65. The molecule has 0 bridgehead atoms. The van der Waals surface area contributed by atoms with Gasteiger partial charge in [-0.1, -0.05) is 41.9 Å². The number of carbonyl (C=O) groups excluding carboxylic acids is 1. The summed E-state index contributed by atoms with van der Waals surface area (Å²) in [5, 5.41) is 4.09. The van der Waals surface area contributed by atoms with Gasteiger partial charge in [0.15, 0.2) is 0 Å². The Labute approximate surface area is 127 Å². The summed E-state index contributed by atoms with van der Waals surface area (Å²) in [7, 11) is 0. The Balaban J connectivity index is 1.83. The van der Waals surface area contributed by atoms with Crippen molar-refractivity contribution >= 4 is 34.6 Å². The third kappa shape index (κ3) is 4.47. The lowest BCUT2D eigenvalue weighted by molar-refractivity contribution is -0.121. The minimum absolute atomic E-state index is 0.0872. The lowest BCUT2D eigenvalue weighted by Crippen LogP contribution is -2.19. The number of halogens is 1. The second-order valence-corrected chi connectivity index (χ2v) is 6.04. The van der Waals surface area contributed by atoms with Crippen LogP contribution in [-0.4, -0.2) is 11.6 Å². The number of nitrogens with zero attached hydrogens (tertiary/aromatic N) is 1. The minimum Gasteiger partial charge on any atom is -0.273 e. The van der Waals surface area contributed by atoms with E-state index in [-0.39, 0.29) is 5.91 Å². The van der Waals surface area contributed by atoms with Gasteiger partial charge in [-0.2, -0.15) is 5.10 Å². The van der Waals surface area contributed by atoms with Crippen LogP contribution in [0.4, 0.5) is 0 Å². The molecule has 2 rings (SSSR count). The topological polar surface area (TPSA) is 41.5 Å². The van der Waals surface area contributed by atoms with Gasteiger partial charge in [-0.05, 0) is 31.0 Å². The molecule has 0 aliphatic carbocycles. The summed E-state index contributed by atoms with van der Waals surface area (Å²) >= 11 is 7.30. The Morgan fingerprint density at radius 1 is 1.25 bits per heavy atom. The first kappa shape index (κ1) is 14.8. The maximum absolute atomic E-state index is 11.7. The zero-order valence-corrected chi connectivity index (χ0v) is 12.7. The number of benzene rings is 1. The van der Waals surface area contributed by atoms with Gasteiger partial charge in [-0.25, -0.2) is 5.43 Å². The first-order valence-corrected chi connectivity index (χ1v) is 7.47. The molecule has 2 aromatic rings. The number of amides is 1. The van der Waals surface area contributed by atoms with E-state index in [1.807, 2.05) is 49.4 Å². The van der Waals surface area contributed by atoms with Gasteiger partial charge in [0.1, 0.15) is 0 Å². The molecular weight excluding hydrogens is 292 g/mol. The van der Waals surface area contributed by atoms with E-state index in [0.29, 0.717) is 17.2 Å². The van der Waals surface area contributed by atoms with Gasteiger partial charge >= 0.3 is 0 Å². The normalized spacial score (nSPS) is 11.4. The third-order valence-corrected chi connectivity index (χ3v) is 4.10. The fourth-order valence-electron chi connectivity index (χ4n) is 1.67. The van der Waals surface area contributed by atoms with Crippen LogP contribution in [0.3, 0.4) is 0 Å². The predicted octanol–water partition coefficient (Wildman–Crippen LogP) is 3.87. The van der Waals surface area contributed by atoms with Gasteiger partial charge in [0.25, 0.3) is 0 Å². The van der Waals surface area contributed by atoms with Crippen molar-refractivity contribution in [2.75, 3.05) is 0 Å². The highest BCUT2D eigenvalue weighted by Gasteiger charge is 2.04. The second-order valence-electron chi connectivity index (χ2n) is 4.32. The Morgan fingerprint density at radius 2 is 2.00 bits per heavy atom. The Bertz CT molecular complexity index is 607. The molecule has 20 heavy (non-hydrogen) atoms. The number of hydrogen-bond donors (Lipinski definition) is 1.